The highest BCUT2D eigenvalue weighted by Crippen LogP contribution is 2.33. The summed E-state index contributed by atoms with van der Waals surface area (Å²) in [6.07, 6.45) is 3.45. The van der Waals surface area contributed by atoms with E-state index in [0.717, 1.165) is 33.1 Å². The van der Waals surface area contributed by atoms with Crippen LogP contribution < -0.4 is 14.3 Å². The Hall–Kier alpha value is -3.19. The molecule has 0 saturated carbocycles. The minimum atomic E-state index is 0.540. The van der Waals surface area contributed by atoms with E-state index < -0.39 is 0 Å². The first-order valence-electron chi connectivity index (χ1n) is 8.65. The monoisotopic (exact) mass is 394 g/mol. The van der Waals surface area contributed by atoms with Crippen molar-refractivity contribution in [3.8, 4) is 22.8 Å². The maximum Gasteiger partial charge on any atom is 0.206 e. The van der Waals surface area contributed by atoms with Gasteiger partial charge >= 0.3 is 0 Å². The first-order valence-corrected chi connectivity index (χ1v) is 9.53. The molecule has 3 rings (SSSR count). The van der Waals surface area contributed by atoms with Crippen molar-refractivity contribution in [2.24, 2.45) is 10.1 Å². The standard InChI is InChI=1S/C21H22N4O2S/c1-15(2)12-23-21-25(24-13-16-7-5-6-10-22-16)19(14-28-21)18-9-8-17(26-3)11-20(18)27-4/h5-11,13-14H,1,12H2,2-4H3. The Morgan fingerprint density at radius 1 is 1.25 bits per heavy atom. The zero-order valence-corrected chi connectivity index (χ0v) is 16.9. The van der Waals surface area contributed by atoms with E-state index >= 15 is 0 Å². The van der Waals surface area contributed by atoms with Crippen LogP contribution in [-0.2, 0) is 0 Å². The van der Waals surface area contributed by atoms with E-state index in [9.17, 15) is 0 Å². The maximum atomic E-state index is 5.57. The van der Waals surface area contributed by atoms with Crippen molar-refractivity contribution in [1.29, 1.82) is 0 Å². The zero-order chi connectivity index (χ0) is 19.9. The minimum absolute atomic E-state index is 0.540. The minimum Gasteiger partial charge on any atom is -0.497 e. The third-order valence-corrected chi connectivity index (χ3v) is 4.70. The summed E-state index contributed by atoms with van der Waals surface area (Å²) in [5.74, 6) is 1.43. The number of hydrogen-bond donors (Lipinski definition) is 0. The summed E-state index contributed by atoms with van der Waals surface area (Å²) >= 11 is 1.51. The highest BCUT2D eigenvalue weighted by Gasteiger charge is 2.13. The third-order valence-electron chi connectivity index (χ3n) is 3.85. The molecule has 144 valence electrons. The Kier molecular flexibility index (Phi) is 6.39. The van der Waals surface area contributed by atoms with Crippen LogP contribution in [0.2, 0.25) is 0 Å². The molecule has 0 unspecified atom stereocenters. The molecule has 0 aliphatic carbocycles. The van der Waals surface area contributed by atoms with Gasteiger partial charge in [0.2, 0.25) is 4.80 Å². The second kappa shape index (κ2) is 9.14. The first-order chi connectivity index (χ1) is 13.6. The molecule has 6 nitrogen and oxygen atoms in total. The van der Waals surface area contributed by atoms with E-state index in [1.165, 1.54) is 11.3 Å². The van der Waals surface area contributed by atoms with Crippen LogP contribution in [0.5, 0.6) is 11.5 Å². The van der Waals surface area contributed by atoms with Gasteiger partial charge in [0, 0.05) is 23.2 Å². The normalized spacial score (nSPS) is 11.8. The quantitative estimate of drug-likeness (QED) is 0.450. The van der Waals surface area contributed by atoms with Crippen LogP contribution in [0.4, 0.5) is 0 Å². The molecule has 1 aromatic carbocycles. The molecule has 0 aliphatic rings. The lowest BCUT2D eigenvalue weighted by Gasteiger charge is -2.10. The van der Waals surface area contributed by atoms with Gasteiger partial charge in [-0.3, -0.25) is 9.98 Å². The lowest BCUT2D eigenvalue weighted by molar-refractivity contribution is 0.395. The number of aromatic nitrogens is 2. The predicted octanol–water partition coefficient (Wildman–Crippen LogP) is 3.99. The lowest BCUT2D eigenvalue weighted by Crippen LogP contribution is -2.13. The van der Waals surface area contributed by atoms with Gasteiger partial charge in [0.1, 0.15) is 11.5 Å². The summed E-state index contributed by atoms with van der Waals surface area (Å²) in [4.78, 5) is 9.70. The Balaban J connectivity index is 2.13. The predicted molar refractivity (Wildman–Crippen MR) is 113 cm³/mol. The van der Waals surface area contributed by atoms with E-state index in [1.807, 2.05) is 48.7 Å². The van der Waals surface area contributed by atoms with E-state index in [1.54, 1.807) is 31.3 Å². The number of ether oxygens (including phenoxy) is 2. The molecule has 3 aromatic rings. The van der Waals surface area contributed by atoms with Crippen molar-refractivity contribution >= 4 is 17.6 Å². The summed E-state index contributed by atoms with van der Waals surface area (Å²) in [5.41, 5.74) is 3.52. The molecule has 0 fully saturated rings. The average Bonchev–Trinajstić information content (AvgIpc) is 3.13. The smallest absolute Gasteiger partial charge is 0.206 e. The van der Waals surface area contributed by atoms with Crippen molar-refractivity contribution in [3.63, 3.8) is 0 Å². The summed E-state index contributed by atoms with van der Waals surface area (Å²) in [6.45, 7) is 6.42. The van der Waals surface area contributed by atoms with Gasteiger partial charge in [0.05, 0.1) is 38.4 Å². The van der Waals surface area contributed by atoms with E-state index in [2.05, 4.69) is 21.7 Å². The summed E-state index contributed by atoms with van der Waals surface area (Å²) in [7, 11) is 3.27. The van der Waals surface area contributed by atoms with Crippen LogP contribution in [0.15, 0.2) is 70.2 Å². The molecular weight excluding hydrogens is 372 g/mol. The van der Waals surface area contributed by atoms with Gasteiger partial charge in [-0.05, 0) is 31.2 Å². The van der Waals surface area contributed by atoms with Crippen molar-refractivity contribution in [3.05, 3.63) is 70.6 Å². The number of hydrogen-bond acceptors (Lipinski definition) is 6. The molecule has 0 atom stereocenters. The highest BCUT2D eigenvalue weighted by molar-refractivity contribution is 7.07. The van der Waals surface area contributed by atoms with Crippen LogP contribution in [0.3, 0.4) is 0 Å². The van der Waals surface area contributed by atoms with Gasteiger partial charge in [-0.25, -0.2) is 4.68 Å². The Labute approximate surface area is 168 Å². The molecule has 0 aliphatic heterocycles. The molecule has 0 saturated heterocycles. The number of benzene rings is 1. The fourth-order valence-corrected chi connectivity index (χ4v) is 3.32. The number of thiazole rings is 1. The Morgan fingerprint density at radius 3 is 2.79 bits per heavy atom. The maximum absolute atomic E-state index is 5.57. The Morgan fingerprint density at radius 2 is 2.11 bits per heavy atom. The second-order valence-electron chi connectivity index (χ2n) is 6.05. The summed E-state index contributed by atoms with van der Waals surface area (Å²) in [5, 5.41) is 6.65. The summed E-state index contributed by atoms with van der Waals surface area (Å²) in [6, 6.07) is 11.4. The molecule has 0 radical (unpaired) electrons. The van der Waals surface area contributed by atoms with Gasteiger partial charge in [-0.2, -0.15) is 5.10 Å². The molecule has 28 heavy (non-hydrogen) atoms. The second-order valence-corrected chi connectivity index (χ2v) is 6.89. The van der Waals surface area contributed by atoms with E-state index in [0.29, 0.717) is 12.3 Å². The SMILES string of the molecule is C=C(C)CN=c1scc(-c2ccc(OC)cc2OC)n1N=Cc1ccccn1. The number of rotatable bonds is 7. The van der Waals surface area contributed by atoms with E-state index in [-0.39, 0.29) is 0 Å². The largest absolute Gasteiger partial charge is 0.497 e. The van der Waals surface area contributed by atoms with Gasteiger partial charge in [-0.15, -0.1) is 11.3 Å². The van der Waals surface area contributed by atoms with Gasteiger partial charge in [0.25, 0.3) is 0 Å². The van der Waals surface area contributed by atoms with E-state index in [4.69, 9.17) is 9.47 Å². The molecule has 0 N–H and O–H groups in total. The zero-order valence-electron chi connectivity index (χ0n) is 16.1. The molecule has 2 heterocycles. The van der Waals surface area contributed by atoms with Crippen molar-refractivity contribution in [1.82, 2.24) is 9.66 Å². The van der Waals surface area contributed by atoms with Crippen LogP contribution in [0.25, 0.3) is 11.3 Å². The Bertz CT molecular complexity index is 1050. The third kappa shape index (κ3) is 4.55. The molecular formula is C21H22N4O2S. The summed E-state index contributed by atoms with van der Waals surface area (Å²) < 4.78 is 12.7. The van der Waals surface area contributed by atoms with Crippen LogP contribution >= 0.6 is 11.3 Å². The number of nitrogens with zero attached hydrogens (tertiary/aromatic N) is 4. The highest BCUT2D eigenvalue weighted by atomic mass is 32.1. The molecule has 2 aromatic heterocycles. The average molecular weight is 395 g/mol. The van der Waals surface area contributed by atoms with Crippen LogP contribution in [-0.4, -0.2) is 36.6 Å². The van der Waals surface area contributed by atoms with Crippen molar-refractivity contribution in [2.75, 3.05) is 20.8 Å². The topological polar surface area (TPSA) is 61.0 Å². The lowest BCUT2D eigenvalue weighted by atomic mass is 10.1. The molecule has 0 bridgehead atoms. The van der Waals surface area contributed by atoms with Gasteiger partial charge in [-0.1, -0.05) is 18.2 Å². The first kappa shape index (κ1) is 19.6. The van der Waals surface area contributed by atoms with Gasteiger partial charge in [0.15, 0.2) is 0 Å². The fourth-order valence-electron chi connectivity index (χ4n) is 2.49. The molecule has 0 spiro atoms. The number of methoxy groups -OCH3 is 2. The van der Waals surface area contributed by atoms with Crippen molar-refractivity contribution < 1.29 is 9.47 Å². The fraction of sp³-hybridized carbons (Fsp3) is 0.190. The van der Waals surface area contributed by atoms with Gasteiger partial charge < -0.3 is 9.47 Å². The van der Waals surface area contributed by atoms with Crippen molar-refractivity contribution in [2.45, 2.75) is 6.92 Å². The number of pyridine rings is 1. The molecule has 7 heteroatoms. The van der Waals surface area contributed by atoms with Crippen LogP contribution in [0.1, 0.15) is 12.6 Å². The van der Waals surface area contributed by atoms with Crippen LogP contribution in [0, 0.1) is 0 Å². The molecule has 0 amide bonds.